The largest absolute Gasteiger partial charge is 0.466 e. The summed E-state index contributed by atoms with van der Waals surface area (Å²) >= 11 is 0. The summed E-state index contributed by atoms with van der Waals surface area (Å²) in [4.78, 5) is 10.6. The Bertz CT molecular complexity index is 238. The van der Waals surface area contributed by atoms with E-state index in [9.17, 15) is 4.79 Å². The van der Waals surface area contributed by atoms with Crippen LogP contribution in [0.1, 0.15) is 123 Å². The molecule has 2 nitrogen and oxygen atoms in total. The Hall–Kier alpha value is -0.530. The molecular weight excluding hydrogens is 284 g/mol. The molecule has 0 fully saturated rings. The molecule has 23 heavy (non-hydrogen) atoms. The van der Waals surface area contributed by atoms with Crippen molar-refractivity contribution < 1.29 is 9.53 Å². The summed E-state index contributed by atoms with van der Waals surface area (Å²) in [6.07, 6.45) is 23.4. The lowest BCUT2D eigenvalue weighted by Crippen LogP contribution is -2.00. The summed E-state index contributed by atoms with van der Waals surface area (Å²) in [7, 11) is 0. The molecule has 0 aromatic heterocycles. The average molecular weight is 327 g/mol. The van der Waals surface area contributed by atoms with E-state index in [-0.39, 0.29) is 5.97 Å². The van der Waals surface area contributed by atoms with Crippen LogP contribution in [0.2, 0.25) is 0 Å². The zero-order valence-corrected chi connectivity index (χ0v) is 16.0. The standard InChI is InChI=1S/C21H42O2/c1-3-4-5-6-7-8-9-10-11-12-13-14-15-16-17-18-19-20-23-21(2)22/h3-20H2,1-2H3. The molecule has 0 atom stereocenters. The zero-order chi connectivity index (χ0) is 17.0. The van der Waals surface area contributed by atoms with Crippen LogP contribution in [-0.4, -0.2) is 12.6 Å². The highest BCUT2D eigenvalue weighted by Gasteiger charge is 1.95. The highest BCUT2D eigenvalue weighted by Crippen LogP contribution is 2.13. The second-order valence-electron chi connectivity index (χ2n) is 7.00. The molecule has 0 aliphatic carbocycles. The van der Waals surface area contributed by atoms with Gasteiger partial charge in [-0.1, -0.05) is 110 Å². The van der Waals surface area contributed by atoms with Crippen LogP contribution in [0, 0.1) is 0 Å². The monoisotopic (exact) mass is 326 g/mol. The van der Waals surface area contributed by atoms with Crippen LogP contribution in [0.15, 0.2) is 0 Å². The molecular formula is C21H42O2. The van der Waals surface area contributed by atoms with E-state index in [1.54, 1.807) is 0 Å². The Balaban J connectivity index is 2.96. The molecule has 0 spiro atoms. The predicted molar refractivity (Wildman–Crippen MR) is 101 cm³/mol. The summed E-state index contributed by atoms with van der Waals surface area (Å²) in [5.74, 6) is -0.151. The Morgan fingerprint density at radius 2 is 0.870 bits per heavy atom. The molecule has 0 bridgehead atoms. The molecule has 0 rings (SSSR count). The van der Waals surface area contributed by atoms with E-state index in [2.05, 4.69) is 6.92 Å². The van der Waals surface area contributed by atoms with Gasteiger partial charge in [0.25, 0.3) is 0 Å². The topological polar surface area (TPSA) is 26.3 Å². The van der Waals surface area contributed by atoms with Crippen LogP contribution >= 0.6 is 0 Å². The molecule has 138 valence electrons. The fourth-order valence-electron chi connectivity index (χ4n) is 3.04. The van der Waals surface area contributed by atoms with Crippen molar-refractivity contribution in [1.29, 1.82) is 0 Å². The third-order valence-electron chi connectivity index (χ3n) is 4.55. The van der Waals surface area contributed by atoms with Crippen molar-refractivity contribution in [3.8, 4) is 0 Å². The number of hydrogen-bond donors (Lipinski definition) is 0. The fraction of sp³-hybridized carbons (Fsp3) is 0.952. The van der Waals surface area contributed by atoms with Crippen molar-refractivity contribution >= 4 is 5.97 Å². The lowest BCUT2D eigenvalue weighted by Gasteiger charge is -2.04. The minimum Gasteiger partial charge on any atom is -0.466 e. The van der Waals surface area contributed by atoms with Gasteiger partial charge in [0.05, 0.1) is 6.61 Å². The smallest absolute Gasteiger partial charge is 0.302 e. The van der Waals surface area contributed by atoms with Gasteiger partial charge in [-0.05, 0) is 6.42 Å². The molecule has 0 aliphatic rings. The first-order valence-electron chi connectivity index (χ1n) is 10.4. The van der Waals surface area contributed by atoms with Gasteiger partial charge in [0.2, 0.25) is 0 Å². The maximum absolute atomic E-state index is 10.6. The first-order valence-corrected chi connectivity index (χ1v) is 10.4. The van der Waals surface area contributed by atoms with E-state index in [4.69, 9.17) is 4.74 Å². The molecule has 0 radical (unpaired) electrons. The van der Waals surface area contributed by atoms with Gasteiger partial charge in [0.1, 0.15) is 0 Å². The lowest BCUT2D eigenvalue weighted by atomic mass is 10.0. The molecule has 2 heteroatoms. The first kappa shape index (κ1) is 22.5. The minimum atomic E-state index is -0.151. The van der Waals surface area contributed by atoms with E-state index < -0.39 is 0 Å². The third-order valence-corrected chi connectivity index (χ3v) is 4.55. The lowest BCUT2D eigenvalue weighted by molar-refractivity contribution is -0.141. The van der Waals surface area contributed by atoms with E-state index in [1.165, 1.54) is 110 Å². The van der Waals surface area contributed by atoms with Crippen LogP contribution < -0.4 is 0 Å². The zero-order valence-electron chi connectivity index (χ0n) is 16.0. The van der Waals surface area contributed by atoms with Crippen LogP contribution in [0.4, 0.5) is 0 Å². The van der Waals surface area contributed by atoms with E-state index in [0.717, 1.165) is 6.42 Å². The van der Waals surface area contributed by atoms with Crippen molar-refractivity contribution in [3.63, 3.8) is 0 Å². The Kier molecular flexibility index (Phi) is 19.1. The number of esters is 1. The molecule has 0 aliphatic heterocycles. The second-order valence-corrected chi connectivity index (χ2v) is 7.00. The quantitative estimate of drug-likeness (QED) is 0.196. The minimum absolute atomic E-state index is 0.151. The summed E-state index contributed by atoms with van der Waals surface area (Å²) in [5, 5.41) is 0. The molecule has 0 saturated heterocycles. The summed E-state index contributed by atoms with van der Waals surface area (Å²) in [6, 6.07) is 0. The van der Waals surface area contributed by atoms with Gasteiger partial charge in [-0.2, -0.15) is 0 Å². The number of rotatable bonds is 18. The molecule has 0 saturated carbocycles. The number of ether oxygens (including phenoxy) is 1. The molecule has 0 aromatic carbocycles. The fourth-order valence-corrected chi connectivity index (χ4v) is 3.04. The van der Waals surface area contributed by atoms with Crippen molar-refractivity contribution in [1.82, 2.24) is 0 Å². The third kappa shape index (κ3) is 21.5. The molecule has 0 heterocycles. The van der Waals surface area contributed by atoms with Gasteiger partial charge in [0, 0.05) is 6.92 Å². The van der Waals surface area contributed by atoms with Gasteiger partial charge < -0.3 is 4.74 Å². The Morgan fingerprint density at radius 3 is 1.17 bits per heavy atom. The van der Waals surface area contributed by atoms with Gasteiger partial charge in [0.15, 0.2) is 0 Å². The molecule has 0 unspecified atom stereocenters. The normalized spacial score (nSPS) is 10.9. The average Bonchev–Trinajstić information content (AvgIpc) is 2.53. The van der Waals surface area contributed by atoms with Gasteiger partial charge >= 0.3 is 5.97 Å². The van der Waals surface area contributed by atoms with Gasteiger partial charge in [-0.15, -0.1) is 0 Å². The number of carbonyl (C=O) groups is 1. The summed E-state index contributed by atoms with van der Waals surface area (Å²) in [5.41, 5.74) is 0. The number of unbranched alkanes of at least 4 members (excludes halogenated alkanes) is 16. The highest BCUT2D eigenvalue weighted by atomic mass is 16.5. The maximum atomic E-state index is 10.6. The predicted octanol–water partition coefficient (Wildman–Crippen LogP) is 7.20. The first-order chi connectivity index (χ1) is 11.3. The maximum Gasteiger partial charge on any atom is 0.302 e. The summed E-state index contributed by atoms with van der Waals surface area (Å²) < 4.78 is 4.93. The Labute approximate surface area is 145 Å². The van der Waals surface area contributed by atoms with Crippen LogP contribution in [-0.2, 0) is 9.53 Å². The second kappa shape index (κ2) is 19.5. The number of hydrogen-bond acceptors (Lipinski definition) is 2. The van der Waals surface area contributed by atoms with Crippen molar-refractivity contribution in [2.75, 3.05) is 6.61 Å². The van der Waals surface area contributed by atoms with Crippen molar-refractivity contribution in [2.45, 2.75) is 123 Å². The number of carbonyl (C=O) groups excluding carboxylic acids is 1. The highest BCUT2D eigenvalue weighted by molar-refractivity contribution is 5.65. The SMILES string of the molecule is CCCCCCCCCCCCCCCCCCCOC(C)=O. The van der Waals surface area contributed by atoms with Gasteiger partial charge in [-0.25, -0.2) is 0 Å². The van der Waals surface area contributed by atoms with E-state index >= 15 is 0 Å². The van der Waals surface area contributed by atoms with Crippen LogP contribution in [0.3, 0.4) is 0 Å². The molecule has 0 aromatic rings. The van der Waals surface area contributed by atoms with E-state index in [1.807, 2.05) is 0 Å². The van der Waals surface area contributed by atoms with Crippen LogP contribution in [0.25, 0.3) is 0 Å². The summed E-state index contributed by atoms with van der Waals surface area (Å²) in [6.45, 7) is 4.37. The molecule has 0 N–H and O–H groups in total. The van der Waals surface area contributed by atoms with Crippen LogP contribution in [0.5, 0.6) is 0 Å². The molecule has 0 amide bonds. The Morgan fingerprint density at radius 1 is 0.565 bits per heavy atom. The van der Waals surface area contributed by atoms with Crippen molar-refractivity contribution in [3.05, 3.63) is 0 Å². The van der Waals surface area contributed by atoms with Gasteiger partial charge in [-0.3, -0.25) is 4.79 Å². The van der Waals surface area contributed by atoms with E-state index in [0.29, 0.717) is 6.61 Å². The van der Waals surface area contributed by atoms with Crippen molar-refractivity contribution in [2.24, 2.45) is 0 Å².